The lowest BCUT2D eigenvalue weighted by Crippen LogP contribution is -2.19. The Kier molecular flexibility index (Phi) is 5.30. The maximum atomic E-state index is 12.4. The fraction of sp³-hybridized carbons (Fsp3) is 0.375. The summed E-state index contributed by atoms with van der Waals surface area (Å²) in [7, 11) is 1.25. The van der Waals surface area contributed by atoms with Gasteiger partial charge in [0.05, 0.1) is 19.0 Å². The molecule has 0 aliphatic carbocycles. The van der Waals surface area contributed by atoms with E-state index in [2.05, 4.69) is 15.4 Å². The van der Waals surface area contributed by atoms with Crippen LogP contribution in [0.2, 0.25) is 5.02 Å². The lowest BCUT2D eigenvalue weighted by atomic mass is 10.2. The zero-order chi connectivity index (χ0) is 17.8. The van der Waals surface area contributed by atoms with E-state index in [9.17, 15) is 9.59 Å². The Balaban J connectivity index is 1.86. The van der Waals surface area contributed by atoms with Crippen molar-refractivity contribution in [1.82, 2.24) is 14.8 Å². The number of carbonyl (C=O) groups is 2. The molecule has 25 heavy (non-hydrogen) atoms. The van der Waals surface area contributed by atoms with Crippen LogP contribution in [-0.2, 0) is 9.47 Å². The van der Waals surface area contributed by atoms with Crippen molar-refractivity contribution >= 4 is 29.2 Å². The third-order valence-electron chi connectivity index (χ3n) is 3.76. The van der Waals surface area contributed by atoms with Crippen molar-refractivity contribution < 1.29 is 19.1 Å². The lowest BCUT2D eigenvalue weighted by molar-refractivity contribution is -0.0396. The van der Waals surface area contributed by atoms with E-state index in [0.29, 0.717) is 11.6 Å². The second-order valence-corrected chi connectivity index (χ2v) is 5.93. The van der Waals surface area contributed by atoms with Crippen LogP contribution in [0.5, 0.6) is 0 Å². The number of pyridine rings is 1. The minimum atomic E-state index is -0.649. The Morgan fingerprint density at radius 2 is 2.28 bits per heavy atom. The van der Waals surface area contributed by atoms with Gasteiger partial charge in [0.2, 0.25) is 0 Å². The van der Waals surface area contributed by atoms with Gasteiger partial charge in [0.15, 0.2) is 5.69 Å². The van der Waals surface area contributed by atoms with Gasteiger partial charge in [0.25, 0.3) is 5.91 Å². The first-order valence-corrected chi connectivity index (χ1v) is 8.18. The van der Waals surface area contributed by atoms with E-state index in [4.69, 9.17) is 21.1 Å². The van der Waals surface area contributed by atoms with Crippen molar-refractivity contribution in [2.24, 2.45) is 0 Å². The quantitative estimate of drug-likeness (QED) is 0.838. The average Bonchev–Trinajstić information content (AvgIpc) is 3.05. The number of hydrogen-bond donors (Lipinski definition) is 1. The zero-order valence-electron chi connectivity index (χ0n) is 13.6. The summed E-state index contributed by atoms with van der Waals surface area (Å²) in [5.41, 5.74) is 0.366. The van der Waals surface area contributed by atoms with Gasteiger partial charge >= 0.3 is 5.97 Å². The molecule has 8 nitrogen and oxygen atoms in total. The number of halogens is 1. The molecule has 2 aromatic rings. The largest absolute Gasteiger partial charge is 0.464 e. The van der Waals surface area contributed by atoms with Crippen LogP contribution in [-0.4, -0.2) is 40.4 Å². The Labute approximate surface area is 149 Å². The zero-order valence-corrected chi connectivity index (χ0v) is 14.3. The molecule has 3 rings (SSSR count). The van der Waals surface area contributed by atoms with E-state index in [1.165, 1.54) is 24.1 Å². The minimum absolute atomic E-state index is 0.00653. The molecule has 9 heteroatoms. The van der Waals surface area contributed by atoms with Crippen molar-refractivity contribution in [2.75, 3.05) is 19.0 Å². The van der Waals surface area contributed by atoms with Crippen LogP contribution in [0.3, 0.4) is 0 Å². The third-order valence-corrected chi connectivity index (χ3v) is 4.00. The number of esters is 1. The van der Waals surface area contributed by atoms with Crippen LogP contribution >= 0.6 is 11.6 Å². The number of aromatic nitrogens is 3. The molecule has 1 fully saturated rings. The molecule has 1 unspecified atom stereocenters. The number of nitrogens with one attached hydrogen (secondary N) is 1. The topological polar surface area (TPSA) is 95.3 Å². The maximum Gasteiger partial charge on any atom is 0.360 e. The highest BCUT2D eigenvalue weighted by molar-refractivity contribution is 6.31. The Bertz CT molecular complexity index is 786. The number of carbonyl (C=O) groups excluding carboxylic acids is 2. The molecule has 1 aliphatic heterocycles. The van der Waals surface area contributed by atoms with Gasteiger partial charge in [-0.15, -0.1) is 0 Å². The Hall–Kier alpha value is -2.45. The van der Waals surface area contributed by atoms with Gasteiger partial charge in [-0.1, -0.05) is 11.6 Å². The van der Waals surface area contributed by atoms with E-state index < -0.39 is 11.9 Å². The van der Waals surface area contributed by atoms with Gasteiger partial charge in [-0.3, -0.25) is 9.78 Å². The monoisotopic (exact) mass is 364 g/mol. The van der Waals surface area contributed by atoms with Crippen LogP contribution in [0.4, 0.5) is 5.69 Å². The summed E-state index contributed by atoms with van der Waals surface area (Å²) in [6, 6.07) is 3.00. The SMILES string of the molecule is COC(=O)c1nn(C2CCCCO2)cc1NC(=O)c1cc(Cl)ccn1. The van der Waals surface area contributed by atoms with Crippen molar-refractivity contribution in [3.05, 3.63) is 40.9 Å². The molecule has 132 valence electrons. The van der Waals surface area contributed by atoms with E-state index >= 15 is 0 Å². The highest BCUT2D eigenvalue weighted by Gasteiger charge is 2.24. The summed E-state index contributed by atoms with van der Waals surface area (Å²) in [5, 5.41) is 7.24. The van der Waals surface area contributed by atoms with Gasteiger partial charge in [0, 0.05) is 17.8 Å². The molecular formula is C16H17ClN4O4. The second-order valence-electron chi connectivity index (χ2n) is 5.50. The molecule has 1 N–H and O–H groups in total. The van der Waals surface area contributed by atoms with E-state index in [1.807, 2.05) is 0 Å². The highest BCUT2D eigenvalue weighted by Crippen LogP contribution is 2.25. The van der Waals surface area contributed by atoms with E-state index in [0.717, 1.165) is 19.3 Å². The lowest BCUT2D eigenvalue weighted by Gasteiger charge is -2.22. The Morgan fingerprint density at radius 1 is 1.44 bits per heavy atom. The van der Waals surface area contributed by atoms with Crippen molar-refractivity contribution in [1.29, 1.82) is 0 Å². The number of ether oxygens (including phenoxy) is 2. The molecule has 2 aromatic heterocycles. The summed E-state index contributed by atoms with van der Waals surface area (Å²) >= 11 is 5.87. The summed E-state index contributed by atoms with van der Waals surface area (Å²) in [5.74, 6) is -1.15. The first kappa shape index (κ1) is 17.4. The number of amides is 1. The summed E-state index contributed by atoms with van der Waals surface area (Å²) < 4.78 is 11.9. The van der Waals surface area contributed by atoms with Crippen LogP contribution in [0.1, 0.15) is 46.5 Å². The van der Waals surface area contributed by atoms with Crippen molar-refractivity contribution in [2.45, 2.75) is 25.5 Å². The van der Waals surface area contributed by atoms with Crippen LogP contribution in [0, 0.1) is 0 Å². The van der Waals surface area contributed by atoms with E-state index in [-0.39, 0.29) is 23.3 Å². The van der Waals surface area contributed by atoms with Crippen molar-refractivity contribution in [3.8, 4) is 0 Å². The molecule has 1 atom stereocenters. The third kappa shape index (κ3) is 3.97. The molecule has 0 spiro atoms. The molecule has 0 aromatic carbocycles. The Morgan fingerprint density at radius 3 is 2.96 bits per heavy atom. The van der Waals surface area contributed by atoms with Gasteiger partial charge in [-0.05, 0) is 31.4 Å². The van der Waals surface area contributed by atoms with Gasteiger partial charge in [-0.25, -0.2) is 9.48 Å². The van der Waals surface area contributed by atoms with Gasteiger partial charge in [0.1, 0.15) is 11.9 Å². The fourth-order valence-corrected chi connectivity index (χ4v) is 2.69. The summed E-state index contributed by atoms with van der Waals surface area (Å²) in [4.78, 5) is 28.3. The predicted molar refractivity (Wildman–Crippen MR) is 89.6 cm³/mol. The molecule has 1 amide bonds. The second kappa shape index (κ2) is 7.62. The summed E-state index contributed by atoms with van der Waals surface area (Å²) in [6.07, 6.45) is 5.50. The predicted octanol–water partition coefficient (Wildman–Crippen LogP) is 2.67. The number of hydrogen-bond acceptors (Lipinski definition) is 6. The van der Waals surface area contributed by atoms with Crippen LogP contribution < -0.4 is 5.32 Å². The van der Waals surface area contributed by atoms with Gasteiger partial charge in [-0.2, -0.15) is 5.10 Å². The summed E-state index contributed by atoms with van der Waals surface area (Å²) in [6.45, 7) is 0.631. The van der Waals surface area contributed by atoms with Crippen LogP contribution in [0.25, 0.3) is 0 Å². The first-order chi connectivity index (χ1) is 12.1. The van der Waals surface area contributed by atoms with Crippen molar-refractivity contribution in [3.63, 3.8) is 0 Å². The molecule has 3 heterocycles. The smallest absolute Gasteiger partial charge is 0.360 e. The molecule has 0 bridgehead atoms. The number of methoxy groups -OCH3 is 1. The normalized spacial score (nSPS) is 17.1. The standard InChI is InChI=1S/C16H17ClN4O4/c1-24-16(23)14-12(9-21(20-14)13-4-2-3-7-25-13)19-15(22)11-8-10(17)5-6-18-11/h5-6,8-9,13H,2-4,7H2,1H3,(H,19,22). The highest BCUT2D eigenvalue weighted by atomic mass is 35.5. The average molecular weight is 365 g/mol. The minimum Gasteiger partial charge on any atom is -0.464 e. The van der Waals surface area contributed by atoms with E-state index in [1.54, 1.807) is 12.3 Å². The van der Waals surface area contributed by atoms with Gasteiger partial charge < -0.3 is 14.8 Å². The maximum absolute atomic E-state index is 12.4. The first-order valence-electron chi connectivity index (χ1n) is 7.80. The molecule has 0 saturated carbocycles. The fourth-order valence-electron chi connectivity index (χ4n) is 2.53. The molecule has 1 aliphatic rings. The number of rotatable bonds is 4. The van der Waals surface area contributed by atoms with Crippen LogP contribution in [0.15, 0.2) is 24.5 Å². The number of nitrogens with zero attached hydrogens (tertiary/aromatic N) is 3. The molecular weight excluding hydrogens is 348 g/mol. The number of anilines is 1. The molecule has 1 saturated heterocycles. The molecule has 0 radical (unpaired) electrons.